The van der Waals surface area contributed by atoms with Gasteiger partial charge < -0.3 is 5.11 Å². The summed E-state index contributed by atoms with van der Waals surface area (Å²) in [4.78, 5) is 20.4. The highest BCUT2D eigenvalue weighted by molar-refractivity contribution is 6.35. The molecule has 0 radical (unpaired) electrons. The minimum atomic E-state index is -1.27. The molecule has 0 atom stereocenters. The van der Waals surface area contributed by atoms with Crippen LogP contribution in [0.3, 0.4) is 0 Å². The van der Waals surface area contributed by atoms with Gasteiger partial charge in [-0.05, 0) is 12.5 Å². The van der Waals surface area contributed by atoms with E-state index < -0.39 is 16.6 Å². The Morgan fingerprint density at radius 1 is 1.57 bits per heavy atom. The van der Waals surface area contributed by atoms with Crippen LogP contribution < -0.4 is 0 Å². The number of aryl methyl sites for hydroxylation is 1. The molecule has 6 heteroatoms. The number of aromatic carboxylic acids is 1. The van der Waals surface area contributed by atoms with E-state index in [1.54, 1.807) is 0 Å². The summed E-state index contributed by atoms with van der Waals surface area (Å²) < 4.78 is 0. The monoisotopic (exact) mass is 215 g/mol. The third-order valence-corrected chi connectivity index (χ3v) is 2.12. The summed E-state index contributed by atoms with van der Waals surface area (Å²) in [6, 6.07) is 2.54. The van der Waals surface area contributed by atoms with Crippen molar-refractivity contribution >= 4 is 23.3 Å². The molecule has 0 aliphatic rings. The van der Waals surface area contributed by atoms with Crippen molar-refractivity contribution in [2.75, 3.05) is 0 Å². The van der Waals surface area contributed by atoms with Crippen LogP contribution >= 0.6 is 11.6 Å². The Morgan fingerprint density at radius 3 is 2.57 bits per heavy atom. The van der Waals surface area contributed by atoms with Crippen LogP contribution in [0.15, 0.2) is 12.1 Å². The molecule has 1 rings (SSSR count). The number of nitro benzene ring substituents is 1. The standard InChI is InChI=1S/C8H6ClNO4/c1-4-2-3-5(10(13)14)7(9)6(4)8(11)12/h2-3H,1H3,(H,11,12). The topological polar surface area (TPSA) is 80.4 Å². The first kappa shape index (κ1) is 10.5. The molecule has 1 aromatic rings. The maximum Gasteiger partial charge on any atom is 0.337 e. The number of nitrogens with zero attached hydrogens (tertiary/aromatic N) is 1. The normalized spacial score (nSPS) is 9.86. The summed E-state index contributed by atoms with van der Waals surface area (Å²) >= 11 is 5.58. The van der Waals surface area contributed by atoms with Gasteiger partial charge in [0.15, 0.2) is 0 Å². The molecule has 0 aromatic heterocycles. The Kier molecular flexibility index (Phi) is 2.71. The van der Waals surface area contributed by atoms with Gasteiger partial charge in [-0.25, -0.2) is 4.79 Å². The number of benzene rings is 1. The van der Waals surface area contributed by atoms with E-state index in [1.165, 1.54) is 19.1 Å². The summed E-state index contributed by atoms with van der Waals surface area (Å²) in [7, 11) is 0. The number of hydrogen-bond donors (Lipinski definition) is 1. The lowest BCUT2D eigenvalue weighted by Gasteiger charge is -2.03. The van der Waals surface area contributed by atoms with Crippen molar-refractivity contribution in [1.82, 2.24) is 0 Å². The zero-order chi connectivity index (χ0) is 10.9. The molecule has 5 nitrogen and oxygen atoms in total. The van der Waals surface area contributed by atoms with Gasteiger partial charge in [0.1, 0.15) is 5.02 Å². The minimum absolute atomic E-state index is 0.221. The number of rotatable bonds is 2. The first-order valence-corrected chi connectivity index (χ1v) is 3.99. The van der Waals surface area contributed by atoms with Crippen LogP contribution in [0, 0.1) is 17.0 Å². The molecule has 0 bridgehead atoms. The second-order valence-corrected chi connectivity index (χ2v) is 3.03. The molecule has 14 heavy (non-hydrogen) atoms. The fraction of sp³-hybridized carbons (Fsp3) is 0.125. The number of carboxylic acids is 1. The molecule has 0 aliphatic carbocycles. The minimum Gasteiger partial charge on any atom is -0.478 e. The van der Waals surface area contributed by atoms with Gasteiger partial charge in [0, 0.05) is 6.07 Å². The molecule has 0 saturated carbocycles. The summed E-state index contributed by atoms with van der Waals surface area (Å²) in [6.45, 7) is 1.53. The second-order valence-electron chi connectivity index (χ2n) is 2.65. The highest BCUT2D eigenvalue weighted by Crippen LogP contribution is 2.30. The Labute approximate surface area is 84.1 Å². The van der Waals surface area contributed by atoms with E-state index in [2.05, 4.69) is 0 Å². The molecule has 0 saturated heterocycles. The van der Waals surface area contributed by atoms with Crippen LogP contribution in [0.5, 0.6) is 0 Å². The van der Waals surface area contributed by atoms with E-state index in [0.29, 0.717) is 5.56 Å². The zero-order valence-corrected chi connectivity index (χ0v) is 7.91. The fourth-order valence-corrected chi connectivity index (χ4v) is 1.43. The van der Waals surface area contributed by atoms with Crippen molar-refractivity contribution in [2.24, 2.45) is 0 Å². The zero-order valence-electron chi connectivity index (χ0n) is 7.15. The van der Waals surface area contributed by atoms with Crippen LogP contribution in [0.4, 0.5) is 5.69 Å². The Hall–Kier alpha value is -1.62. The molecule has 0 fully saturated rings. The summed E-state index contributed by atoms with van der Waals surface area (Å²) in [6.07, 6.45) is 0. The van der Waals surface area contributed by atoms with Crippen LogP contribution in [-0.2, 0) is 0 Å². The third kappa shape index (κ3) is 1.67. The number of nitro groups is 1. The lowest BCUT2D eigenvalue weighted by atomic mass is 10.1. The molecule has 74 valence electrons. The smallest absolute Gasteiger partial charge is 0.337 e. The van der Waals surface area contributed by atoms with Crippen LogP contribution in [0.2, 0.25) is 5.02 Å². The van der Waals surface area contributed by atoms with E-state index in [-0.39, 0.29) is 10.6 Å². The van der Waals surface area contributed by atoms with Gasteiger partial charge in [0.25, 0.3) is 5.69 Å². The molecule has 0 unspecified atom stereocenters. The van der Waals surface area contributed by atoms with E-state index in [1.807, 2.05) is 0 Å². The van der Waals surface area contributed by atoms with E-state index in [0.717, 1.165) is 0 Å². The molecule has 0 aliphatic heterocycles. The quantitative estimate of drug-likeness (QED) is 0.606. The summed E-state index contributed by atoms with van der Waals surface area (Å²) in [5.74, 6) is -1.27. The Balaban J connectivity index is 3.49. The number of carboxylic acid groups (broad SMARTS) is 1. The third-order valence-electron chi connectivity index (χ3n) is 1.74. The van der Waals surface area contributed by atoms with Crippen molar-refractivity contribution < 1.29 is 14.8 Å². The van der Waals surface area contributed by atoms with Gasteiger partial charge in [-0.3, -0.25) is 10.1 Å². The van der Waals surface area contributed by atoms with Gasteiger partial charge in [-0.1, -0.05) is 17.7 Å². The lowest BCUT2D eigenvalue weighted by molar-refractivity contribution is -0.384. The predicted molar refractivity (Wildman–Crippen MR) is 49.8 cm³/mol. The molecule has 0 spiro atoms. The first-order valence-electron chi connectivity index (χ1n) is 3.62. The van der Waals surface area contributed by atoms with Crippen molar-refractivity contribution in [3.8, 4) is 0 Å². The lowest BCUT2D eigenvalue weighted by Crippen LogP contribution is -2.03. The molecular formula is C8H6ClNO4. The van der Waals surface area contributed by atoms with Gasteiger partial charge in [0.2, 0.25) is 0 Å². The predicted octanol–water partition coefficient (Wildman–Crippen LogP) is 2.25. The van der Waals surface area contributed by atoms with Crippen LogP contribution in [-0.4, -0.2) is 16.0 Å². The SMILES string of the molecule is Cc1ccc([N+](=O)[O-])c(Cl)c1C(=O)O. The number of carbonyl (C=O) groups is 1. The van der Waals surface area contributed by atoms with Gasteiger partial charge in [0.05, 0.1) is 10.5 Å². The van der Waals surface area contributed by atoms with Crippen molar-refractivity contribution in [3.05, 3.63) is 38.4 Å². The largest absolute Gasteiger partial charge is 0.478 e. The highest BCUT2D eigenvalue weighted by Gasteiger charge is 2.21. The Morgan fingerprint density at radius 2 is 2.14 bits per heavy atom. The van der Waals surface area contributed by atoms with Crippen molar-refractivity contribution in [2.45, 2.75) is 6.92 Å². The number of hydrogen-bond acceptors (Lipinski definition) is 3. The number of halogens is 1. The van der Waals surface area contributed by atoms with E-state index in [4.69, 9.17) is 16.7 Å². The molecule has 1 aromatic carbocycles. The summed E-state index contributed by atoms with van der Waals surface area (Å²) in [5, 5.41) is 18.9. The molecule has 1 N–H and O–H groups in total. The molecule has 0 heterocycles. The maximum atomic E-state index is 10.7. The maximum absolute atomic E-state index is 10.7. The van der Waals surface area contributed by atoms with Crippen molar-refractivity contribution in [3.63, 3.8) is 0 Å². The highest BCUT2D eigenvalue weighted by atomic mass is 35.5. The first-order chi connectivity index (χ1) is 6.45. The van der Waals surface area contributed by atoms with Crippen LogP contribution in [0.25, 0.3) is 0 Å². The van der Waals surface area contributed by atoms with Gasteiger partial charge in [-0.2, -0.15) is 0 Å². The van der Waals surface area contributed by atoms with Crippen molar-refractivity contribution in [1.29, 1.82) is 0 Å². The average molecular weight is 216 g/mol. The van der Waals surface area contributed by atoms with Crippen LogP contribution in [0.1, 0.15) is 15.9 Å². The Bertz CT molecular complexity index is 416. The van der Waals surface area contributed by atoms with E-state index in [9.17, 15) is 14.9 Å². The van der Waals surface area contributed by atoms with Gasteiger partial charge in [-0.15, -0.1) is 0 Å². The molecular weight excluding hydrogens is 210 g/mol. The molecule has 0 amide bonds. The fourth-order valence-electron chi connectivity index (χ4n) is 1.07. The second kappa shape index (κ2) is 3.63. The van der Waals surface area contributed by atoms with Gasteiger partial charge >= 0.3 is 5.97 Å². The average Bonchev–Trinajstić information content (AvgIpc) is 2.02. The summed E-state index contributed by atoms with van der Waals surface area (Å²) in [5.41, 5.74) is -0.219. The van der Waals surface area contributed by atoms with E-state index >= 15 is 0 Å².